The van der Waals surface area contributed by atoms with E-state index in [1.165, 1.54) is 74.2 Å². The summed E-state index contributed by atoms with van der Waals surface area (Å²) >= 11 is 25.0. The lowest BCUT2D eigenvalue weighted by Gasteiger charge is -2.12. The number of halogens is 4. The molecule has 1 amide bonds. The molecular formula is C28H34Cl4N4O2. The van der Waals surface area contributed by atoms with Gasteiger partial charge >= 0.3 is 0 Å². The minimum absolute atomic E-state index is 0.220. The van der Waals surface area contributed by atoms with Crippen molar-refractivity contribution >= 4 is 63.8 Å². The molecule has 0 saturated heterocycles. The van der Waals surface area contributed by atoms with Crippen LogP contribution in [0.1, 0.15) is 81.5 Å². The molecule has 1 heterocycles. The molecule has 0 fully saturated rings. The minimum Gasteiger partial charge on any atom is -0.352 e. The van der Waals surface area contributed by atoms with Gasteiger partial charge in [-0.15, -0.1) is 0 Å². The number of benzene rings is 2. The molecule has 1 aromatic heterocycles. The molecule has 0 aliphatic rings. The van der Waals surface area contributed by atoms with Gasteiger partial charge in [-0.3, -0.25) is 14.7 Å². The predicted octanol–water partition coefficient (Wildman–Crippen LogP) is 9.17. The van der Waals surface area contributed by atoms with Crippen molar-refractivity contribution in [2.45, 2.75) is 71.1 Å². The fraction of sp³-hybridized carbons (Fsp3) is 0.429. The Hall–Kier alpha value is -2.12. The van der Waals surface area contributed by atoms with Gasteiger partial charge in [0.1, 0.15) is 11.5 Å². The van der Waals surface area contributed by atoms with Crippen LogP contribution in [0.15, 0.2) is 41.2 Å². The molecule has 0 atom stereocenters. The van der Waals surface area contributed by atoms with Crippen LogP contribution in [-0.4, -0.2) is 22.2 Å². The summed E-state index contributed by atoms with van der Waals surface area (Å²) in [6.45, 7) is 2.84. The van der Waals surface area contributed by atoms with Crippen molar-refractivity contribution in [3.63, 3.8) is 0 Å². The average molecular weight is 600 g/mol. The van der Waals surface area contributed by atoms with Crippen molar-refractivity contribution in [1.29, 1.82) is 0 Å². The molecule has 3 rings (SSSR count). The Morgan fingerprint density at radius 2 is 1.47 bits per heavy atom. The van der Waals surface area contributed by atoms with E-state index >= 15 is 0 Å². The Labute approximate surface area is 244 Å². The first-order valence-corrected chi connectivity index (χ1v) is 14.6. The van der Waals surface area contributed by atoms with Gasteiger partial charge in [-0.05, 0) is 30.7 Å². The summed E-state index contributed by atoms with van der Waals surface area (Å²) in [6, 6.07) is 9.46. The van der Waals surface area contributed by atoms with E-state index in [9.17, 15) is 9.59 Å². The lowest BCUT2D eigenvalue weighted by Crippen LogP contribution is -2.24. The smallest absolute Gasteiger partial charge is 0.273 e. The molecule has 0 aliphatic carbocycles. The van der Waals surface area contributed by atoms with Crippen LogP contribution < -0.4 is 16.2 Å². The number of anilines is 2. The summed E-state index contributed by atoms with van der Waals surface area (Å²) in [7, 11) is 0. The summed E-state index contributed by atoms with van der Waals surface area (Å²) in [4.78, 5) is 25.4. The zero-order valence-electron chi connectivity index (χ0n) is 21.5. The van der Waals surface area contributed by atoms with Crippen LogP contribution in [0.25, 0.3) is 5.69 Å². The summed E-state index contributed by atoms with van der Waals surface area (Å²) in [5.41, 5.74) is 0.719. The zero-order valence-corrected chi connectivity index (χ0v) is 24.5. The molecular weight excluding hydrogens is 566 g/mol. The van der Waals surface area contributed by atoms with E-state index in [4.69, 9.17) is 46.4 Å². The first-order valence-electron chi connectivity index (χ1n) is 13.1. The third-order valence-corrected chi connectivity index (χ3v) is 7.46. The van der Waals surface area contributed by atoms with Crippen LogP contribution in [0.2, 0.25) is 20.1 Å². The quantitative estimate of drug-likeness (QED) is 0.152. The van der Waals surface area contributed by atoms with Crippen LogP contribution in [0, 0.1) is 0 Å². The highest BCUT2D eigenvalue weighted by Crippen LogP contribution is 2.32. The maximum atomic E-state index is 12.8. The van der Waals surface area contributed by atoms with E-state index in [2.05, 4.69) is 22.7 Å². The standard InChI is InChI=1S/C28H34Cl4N4O2/c1-2-3-4-5-6-7-8-9-10-11-15-33-28(38)20-13-12-14-23(26(20)32)34-24-18-25(37)36(35-24)27-21(30)16-19(29)17-22(27)31/h12-14,16-18,34-35H,2-11,15H2,1H3,(H,33,38). The summed E-state index contributed by atoms with van der Waals surface area (Å²) < 4.78 is 1.21. The third kappa shape index (κ3) is 8.70. The molecule has 38 heavy (non-hydrogen) atoms. The van der Waals surface area contributed by atoms with Crippen molar-refractivity contribution in [1.82, 2.24) is 15.1 Å². The van der Waals surface area contributed by atoms with Gasteiger partial charge in [0.15, 0.2) is 0 Å². The van der Waals surface area contributed by atoms with Crippen LogP contribution in [0.3, 0.4) is 0 Å². The molecule has 0 saturated carbocycles. The number of amides is 1. The highest BCUT2D eigenvalue weighted by Gasteiger charge is 2.16. The Balaban J connectivity index is 1.53. The number of aromatic amines is 1. The summed E-state index contributed by atoms with van der Waals surface area (Å²) in [5.74, 6) is 0.113. The van der Waals surface area contributed by atoms with E-state index in [-0.39, 0.29) is 32.2 Å². The van der Waals surface area contributed by atoms with E-state index in [1.54, 1.807) is 18.2 Å². The fourth-order valence-electron chi connectivity index (χ4n) is 4.23. The maximum absolute atomic E-state index is 12.8. The second-order valence-corrected chi connectivity index (χ2v) is 10.9. The molecule has 0 radical (unpaired) electrons. The number of carbonyl (C=O) groups excluding carboxylic acids is 1. The number of unbranched alkanes of at least 4 members (excludes halogenated alkanes) is 9. The molecule has 0 bridgehead atoms. The van der Waals surface area contributed by atoms with Gasteiger partial charge < -0.3 is 10.6 Å². The molecule has 0 spiro atoms. The van der Waals surface area contributed by atoms with Gasteiger partial charge in [0.25, 0.3) is 11.5 Å². The molecule has 0 unspecified atom stereocenters. The predicted molar refractivity (Wildman–Crippen MR) is 160 cm³/mol. The molecule has 6 nitrogen and oxygen atoms in total. The number of nitrogens with zero attached hydrogens (tertiary/aromatic N) is 1. The Kier molecular flexibility index (Phi) is 12.4. The molecule has 206 valence electrons. The Bertz CT molecular complexity index is 1250. The highest BCUT2D eigenvalue weighted by molar-refractivity contribution is 6.40. The zero-order chi connectivity index (χ0) is 27.5. The Morgan fingerprint density at radius 3 is 2.11 bits per heavy atom. The molecule has 3 aromatic rings. The van der Waals surface area contributed by atoms with Gasteiger partial charge in [0.2, 0.25) is 0 Å². The van der Waals surface area contributed by atoms with Crippen molar-refractivity contribution in [3.8, 4) is 5.69 Å². The first-order chi connectivity index (χ1) is 18.3. The number of aromatic nitrogens is 2. The average Bonchev–Trinajstić information content (AvgIpc) is 3.22. The number of nitrogens with one attached hydrogen (secondary N) is 3. The number of hydrogen-bond acceptors (Lipinski definition) is 3. The molecule has 2 aromatic carbocycles. The summed E-state index contributed by atoms with van der Waals surface area (Å²) in [6.07, 6.45) is 12.4. The molecule has 10 heteroatoms. The van der Waals surface area contributed by atoms with E-state index in [1.807, 2.05) is 0 Å². The van der Waals surface area contributed by atoms with E-state index < -0.39 is 0 Å². The van der Waals surface area contributed by atoms with Crippen molar-refractivity contribution < 1.29 is 4.79 Å². The number of hydrogen-bond donors (Lipinski definition) is 3. The topological polar surface area (TPSA) is 78.9 Å². The number of H-pyrrole nitrogens is 1. The van der Waals surface area contributed by atoms with E-state index in [0.717, 1.165) is 12.8 Å². The normalized spacial score (nSPS) is 11.1. The molecule has 3 N–H and O–H groups in total. The molecule has 0 aliphatic heterocycles. The van der Waals surface area contributed by atoms with Crippen LogP contribution >= 0.6 is 46.4 Å². The lowest BCUT2D eigenvalue weighted by atomic mass is 10.1. The maximum Gasteiger partial charge on any atom is 0.273 e. The van der Waals surface area contributed by atoms with Gasteiger partial charge in [-0.2, -0.15) is 0 Å². The van der Waals surface area contributed by atoms with Gasteiger partial charge in [0, 0.05) is 17.6 Å². The SMILES string of the molecule is CCCCCCCCCCCCNC(=O)c1cccc(Nc2cc(=O)n(-c3c(Cl)cc(Cl)cc3Cl)[nH]2)c1Cl. The monoisotopic (exact) mass is 598 g/mol. The van der Waals surface area contributed by atoms with Crippen LogP contribution in [0.5, 0.6) is 0 Å². The fourth-order valence-corrected chi connectivity index (χ4v) is 5.48. The van der Waals surface area contributed by atoms with Crippen molar-refractivity contribution in [2.75, 3.05) is 11.9 Å². The highest BCUT2D eigenvalue weighted by atomic mass is 35.5. The van der Waals surface area contributed by atoms with Gasteiger partial charge in [-0.25, -0.2) is 4.68 Å². The summed E-state index contributed by atoms with van der Waals surface area (Å²) in [5, 5.41) is 9.99. The van der Waals surface area contributed by atoms with E-state index in [0.29, 0.717) is 28.6 Å². The lowest BCUT2D eigenvalue weighted by molar-refractivity contribution is 0.0953. The van der Waals surface area contributed by atoms with Crippen LogP contribution in [-0.2, 0) is 0 Å². The largest absolute Gasteiger partial charge is 0.352 e. The second-order valence-electron chi connectivity index (χ2n) is 9.29. The minimum atomic E-state index is -0.389. The van der Waals surface area contributed by atoms with Crippen LogP contribution in [0.4, 0.5) is 11.5 Å². The van der Waals surface area contributed by atoms with Crippen molar-refractivity contribution in [3.05, 3.63) is 72.4 Å². The third-order valence-electron chi connectivity index (χ3n) is 6.25. The van der Waals surface area contributed by atoms with Gasteiger partial charge in [-0.1, -0.05) is 117 Å². The first kappa shape index (κ1) is 30.4. The number of rotatable bonds is 15. The van der Waals surface area contributed by atoms with Crippen molar-refractivity contribution in [2.24, 2.45) is 0 Å². The number of carbonyl (C=O) groups is 1. The second kappa shape index (κ2) is 15.5. The van der Waals surface area contributed by atoms with Gasteiger partial charge in [0.05, 0.1) is 26.3 Å². The Morgan fingerprint density at radius 1 is 0.868 bits per heavy atom.